The predicted molar refractivity (Wildman–Crippen MR) is 125 cm³/mol. The first-order chi connectivity index (χ1) is 15.9. The van der Waals surface area contributed by atoms with Crippen molar-refractivity contribution in [2.24, 2.45) is 5.92 Å². The van der Waals surface area contributed by atoms with E-state index in [1.165, 1.54) is 17.7 Å². The van der Waals surface area contributed by atoms with E-state index in [1.807, 2.05) is 12.1 Å². The van der Waals surface area contributed by atoms with Gasteiger partial charge in [0.2, 0.25) is 0 Å². The first-order valence-electron chi connectivity index (χ1n) is 11.7. The van der Waals surface area contributed by atoms with Crippen LogP contribution in [0, 0.1) is 23.1 Å². The molecule has 2 N–H and O–H groups in total. The molecule has 2 aliphatic rings. The number of piperidine rings is 2. The van der Waals surface area contributed by atoms with Crippen LogP contribution in [-0.4, -0.2) is 59.3 Å². The number of hydrogen-bond donors (Lipinski definition) is 2. The van der Waals surface area contributed by atoms with Gasteiger partial charge in [-0.25, -0.2) is 9.18 Å². The molecule has 0 radical (unpaired) electrons. The summed E-state index contributed by atoms with van der Waals surface area (Å²) in [5, 5.41) is 23.2. The Morgan fingerprint density at radius 3 is 2.67 bits per heavy atom. The molecule has 2 fully saturated rings. The van der Waals surface area contributed by atoms with Crippen LogP contribution in [0.25, 0.3) is 0 Å². The number of nitriles is 1. The third-order valence-corrected chi connectivity index (χ3v) is 6.75. The number of nitrogens with one attached hydrogen (secondary N) is 1. The summed E-state index contributed by atoms with van der Waals surface area (Å²) < 4.78 is 13.1. The molecule has 0 bridgehead atoms. The molecule has 2 heterocycles. The van der Waals surface area contributed by atoms with E-state index < -0.39 is 5.60 Å². The Hall–Kier alpha value is -2.95. The lowest BCUT2D eigenvalue weighted by Gasteiger charge is -2.43. The highest BCUT2D eigenvalue weighted by molar-refractivity contribution is 5.89. The fourth-order valence-electron chi connectivity index (χ4n) is 5.00. The number of carbonyl (C=O) groups is 1. The molecular weight excluding hydrogens is 419 g/mol. The number of benzene rings is 2. The van der Waals surface area contributed by atoms with Crippen molar-refractivity contribution in [3.8, 4) is 6.07 Å². The van der Waals surface area contributed by atoms with Gasteiger partial charge >= 0.3 is 6.03 Å². The highest BCUT2D eigenvalue weighted by Crippen LogP contribution is 2.27. The number of urea groups is 1. The molecule has 2 aliphatic heterocycles. The Kier molecular flexibility index (Phi) is 7.26. The summed E-state index contributed by atoms with van der Waals surface area (Å²) in [6, 6.07) is 15.4. The van der Waals surface area contributed by atoms with Crippen molar-refractivity contribution in [3.63, 3.8) is 0 Å². The summed E-state index contributed by atoms with van der Waals surface area (Å²) in [6.45, 7) is 3.30. The summed E-state index contributed by atoms with van der Waals surface area (Å²) >= 11 is 0. The maximum atomic E-state index is 13.1. The minimum atomic E-state index is -0.923. The number of carbonyl (C=O) groups excluding carboxylic acids is 1. The highest BCUT2D eigenvalue weighted by atomic mass is 19.1. The van der Waals surface area contributed by atoms with Crippen LogP contribution in [0.15, 0.2) is 48.5 Å². The Balaban J connectivity index is 1.27. The minimum absolute atomic E-state index is 0.201. The lowest BCUT2D eigenvalue weighted by atomic mass is 9.88. The molecule has 33 heavy (non-hydrogen) atoms. The molecule has 2 aromatic rings. The maximum absolute atomic E-state index is 13.1. The molecule has 7 heteroatoms. The van der Waals surface area contributed by atoms with Gasteiger partial charge in [-0.2, -0.15) is 5.26 Å². The molecule has 1 unspecified atom stereocenters. The van der Waals surface area contributed by atoms with E-state index in [-0.39, 0.29) is 11.8 Å². The molecule has 2 amide bonds. The summed E-state index contributed by atoms with van der Waals surface area (Å²) in [7, 11) is 0. The molecule has 0 aliphatic carbocycles. The average molecular weight is 451 g/mol. The third kappa shape index (κ3) is 6.31. The highest BCUT2D eigenvalue weighted by Gasteiger charge is 2.37. The molecule has 174 valence electrons. The van der Waals surface area contributed by atoms with E-state index in [4.69, 9.17) is 5.26 Å². The maximum Gasteiger partial charge on any atom is 0.321 e. The van der Waals surface area contributed by atoms with Crippen LogP contribution < -0.4 is 5.32 Å². The topological polar surface area (TPSA) is 79.6 Å². The number of hydrogen-bond acceptors (Lipinski definition) is 4. The second kappa shape index (κ2) is 10.3. The largest absolute Gasteiger partial charge is 0.387 e. The fourth-order valence-corrected chi connectivity index (χ4v) is 5.00. The van der Waals surface area contributed by atoms with Gasteiger partial charge in [0, 0.05) is 18.8 Å². The molecule has 6 nitrogen and oxygen atoms in total. The average Bonchev–Trinajstić information content (AvgIpc) is 2.82. The molecule has 4 rings (SSSR count). The summed E-state index contributed by atoms with van der Waals surface area (Å²) in [5.41, 5.74) is 1.32. The number of rotatable bonds is 5. The second-order valence-corrected chi connectivity index (χ2v) is 9.42. The number of β-amino-alcohol motifs (C(OH)–C–C–N with tert-alkyl or cyclic N) is 1. The molecule has 2 saturated heterocycles. The molecule has 0 aromatic heterocycles. The monoisotopic (exact) mass is 450 g/mol. The molecule has 1 atom stereocenters. The van der Waals surface area contributed by atoms with Gasteiger partial charge < -0.3 is 20.2 Å². The number of amides is 2. The van der Waals surface area contributed by atoms with E-state index in [2.05, 4.69) is 16.3 Å². The number of likely N-dealkylation sites (tertiary alicyclic amines) is 2. The zero-order valence-electron chi connectivity index (χ0n) is 18.8. The zero-order chi connectivity index (χ0) is 23.3. The Bertz CT molecular complexity index is 998. The van der Waals surface area contributed by atoms with Crippen LogP contribution in [-0.2, 0) is 6.42 Å². The summed E-state index contributed by atoms with van der Waals surface area (Å²) in [4.78, 5) is 16.7. The molecule has 0 saturated carbocycles. The Morgan fingerprint density at radius 1 is 1.18 bits per heavy atom. The van der Waals surface area contributed by atoms with E-state index in [0.29, 0.717) is 43.2 Å². The van der Waals surface area contributed by atoms with Gasteiger partial charge in [0.15, 0.2) is 0 Å². The van der Waals surface area contributed by atoms with Crippen molar-refractivity contribution in [3.05, 3.63) is 65.5 Å². The number of aliphatic hydroxyl groups is 1. The van der Waals surface area contributed by atoms with Gasteiger partial charge in [0.1, 0.15) is 5.82 Å². The van der Waals surface area contributed by atoms with E-state index >= 15 is 0 Å². The van der Waals surface area contributed by atoms with Gasteiger partial charge in [-0.1, -0.05) is 18.2 Å². The quantitative estimate of drug-likeness (QED) is 0.721. The van der Waals surface area contributed by atoms with Gasteiger partial charge in [-0.3, -0.25) is 0 Å². The summed E-state index contributed by atoms with van der Waals surface area (Å²) in [6.07, 6.45) is 4.48. The Morgan fingerprint density at radius 2 is 1.94 bits per heavy atom. The van der Waals surface area contributed by atoms with Crippen LogP contribution in [0.3, 0.4) is 0 Å². The van der Waals surface area contributed by atoms with Crippen molar-refractivity contribution >= 4 is 11.7 Å². The van der Waals surface area contributed by atoms with Crippen molar-refractivity contribution in [2.75, 3.05) is 38.0 Å². The van der Waals surface area contributed by atoms with E-state index in [9.17, 15) is 14.3 Å². The van der Waals surface area contributed by atoms with Crippen molar-refractivity contribution in [2.45, 2.75) is 37.7 Å². The number of anilines is 1. The normalized spacial score (nSPS) is 22.0. The second-order valence-electron chi connectivity index (χ2n) is 9.42. The molecule has 0 spiro atoms. The van der Waals surface area contributed by atoms with Gasteiger partial charge in [0.05, 0.1) is 23.8 Å². The first-order valence-corrected chi connectivity index (χ1v) is 11.7. The smallest absolute Gasteiger partial charge is 0.321 e. The fraction of sp³-hybridized carbons (Fsp3) is 0.462. The number of halogens is 1. The lowest BCUT2D eigenvalue weighted by Crippen LogP contribution is -2.57. The van der Waals surface area contributed by atoms with Gasteiger partial charge in [-0.05, 0) is 87.0 Å². The summed E-state index contributed by atoms with van der Waals surface area (Å²) in [5.74, 6) is 0.367. The SMILES string of the molecule is N#Cc1cccc(NC(=O)N2CCCC(O)(CN3CCC(Cc4ccc(F)cc4)CC3)C2)c1. The van der Waals surface area contributed by atoms with Crippen LogP contribution in [0.2, 0.25) is 0 Å². The van der Waals surface area contributed by atoms with Crippen molar-refractivity contribution < 1.29 is 14.3 Å². The van der Waals surface area contributed by atoms with Crippen LogP contribution in [0.1, 0.15) is 36.8 Å². The predicted octanol–water partition coefficient (Wildman–Crippen LogP) is 4.01. The van der Waals surface area contributed by atoms with Gasteiger partial charge in [0.25, 0.3) is 0 Å². The van der Waals surface area contributed by atoms with Crippen molar-refractivity contribution in [1.29, 1.82) is 5.26 Å². The lowest BCUT2D eigenvalue weighted by molar-refractivity contribution is -0.0469. The minimum Gasteiger partial charge on any atom is -0.387 e. The van der Waals surface area contributed by atoms with E-state index in [0.717, 1.165) is 38.8 Å². The van der Waals surface area contributed by atoms with Crippen LogP contribution in [0.4, 0.5) is 14.9 Å². The van der Waals surface area contributed by atoms with Crippen molar-refractivity contribution in [1.82, 2.24) is 9.80 Å². The van der Waals surface area contributed by atoms with E-state index in [1.54, 1.807) is 29.2 Å². The van der Waals surface area contributed by atoms with Crippen LogP contribution in [0.5, 0.6) is 0 Å². The third-order valence-electron chi connectivity index (χ3n) is 6.75. The number of nitrogens with zero attached hydrogens (tertiary/aromatic N) is 3. The standard InChI is InChI=1S/C26H31FN4O2/c27-23-7-5-20(6-8-23)15-21-9-13-30(14-10-21)18-26(33)11-2-12-31(19-26)25(32)29-24-4-1-3-22(16-24)17-28/h1,3-8,16,21,33H,2,9-15,18-19H2,(H,29,32). The van der Waals surface area contributed by atoms with Gasteiger partial charge in [-0.15, -0.1) is 0 Å². The Labute approximate surface area is 194 Å². The molecular formula is C26H31FN4O2. The van der Waals surface area contributed by atoms with Crippen LogP contribution >= 0.6 is 0 Å². The molecule has 2 aromatic carbocycles. The zero-order valence-corrected chi connectivity index (χ0v) is 18.8. The first kappa shape index (κ1) is 23.2.